The number of nitriles is 1. The van der Waals surface area contributed by atoms with Gasteiger partial charge in [-0.3, -0.25) is 4.79 Å². The quantitative estimate of drug-likeness (QED) is 0.659. The van der Waals surface area contributed by atoms with Crippen LogP contribution in [0.25, 0.3) is 16.6 Å². The molecule has 0 fully saturated rings. The van der Waals surface area contributed by atoms with E-state index in [2.05, 4.69) is 6.07 Å². The first-order valence-corrected chi connectivity index (χ1v) is 6.33. The second-order valence-electron chi connectivity index (χ2n) is 4.62. The summed E-state index contributed by atoms with van der Waals surface area (Å²) < 4.78 is 1.91. The van der Waals surface area contributed by atoms with E-state index < -0.39 is 0 Å². The zero-order valence-corrected chi connectivity index (χ0v) is 11.0. The second-order valence-corrected chi connectivity index (χ2v) is 4.62. The van der Waals surface area contributed by atoms with E-state index >= 15 is 0 Å². The van der Waals surface area contributed by atoms with E-state index in [0.29, 0.717) is 11.1 Å². The zero-order valence-electron chi connectivity index (χ0n) is 11.0. The van der Waals surface area contributed by atoms with Crippen molar-refractivity contribution in [3.05, 3.63) is 65.9 Å². The van der Waals surface area contributed by atoms with Gasteiger partial charge in [-0.1, -0.05) is 30.3 Å². The Kier molecular flexibility index (Phi) is 2.85. The van der Waals surface area contributed by atoms with Crippen LogP contribution in [0, 0.1) is 11.3 Å². The Labute approximate surface area is 116 Å². The summed E-state index contributed by atoms with van der Waals surface area (Å²) in [4.78, 5) is 11.8. The Bertz CT molecular complexity index is 853. The van der Waals surface area contributed by atoms with E-state index in [-0.39, 0.29) is 5.78 Å². The Morgan fingerprint density at radius 1 is 1.10 bits per heavy atom. The van der Waals surface area contributed by atoms with Gasteiger partial charge in [-0.05, 0) is 25.1 Å². The fraction of sp³-hybridized carbons (Fsp3) is 0.0588. The number of Topliss-reactive ketones (excluding diaryl/α,β-unsaturated/α-hetero) is 1. The Balaban J connectivity index is 2.38. The van der Waals surface area contributed by atoms with E-state index in [1.807, 2.05) is 53.2 Å². The summed E-state index contributed by atoms with van der Waals surface area (Å²) in [5, 5.41) is 10.1. The molecular weight excluding hydrogens is 248 g/mol. The summed E-state index contributed by atoms with van der Waals surface area (Å²) in [6.45, 7) is 1.56. The van der Waals surface area contributed by atoms with Crippen molar-refractivity contribution < 1.29 is 4.79 Å². The van der Waals surface area contributed by atoms with Crippen molar-refractivity contribution in [2.24, 2.45) is 0 Å². The molecule has 0 bridgehead atoms. The Hall–Kier alpha value is -2.86. The maximum Gasteiger partial charge on any atom is 0.161 e. The van der Waals surface area contributed by atoms with Crippen molar-refractivity contribution in [3.63, 3.8) is 0 Å². The van der Waals surface area contributed by atoms with Crippen LogP contribution in [0.3, 0.4) is 0 Å². The predicted molar refractivity (Wildman–Crippen MR) is 78.0 cm³/mol. The first-order chi connectivity index (χ1) is 9.72. The fourth-order valence-electron chi connectivity index (χ4n) is 2.44. The van der Waals surface area contributed by atoms with Gasteiger partial charge in [0.1, 0.15) is 6.07 Å². The van der Waals surface area contributed by atoms with Crippen LogP contribution < -0.4 is 0 Å². The maximum atomic E-state index is 11.8. The molecule has 2 aromatic carbocycles. The minimum atomic E-state index is 0.0226. The van der Waals surface area contributed by atoms with Crippen molar-refractivity contribution in [2.45, 2.75) is 6.92 Å². The molecule has 0 amide bonds. The van der Waals surface area contributed by atoms with Crippen LogP contribution in [-0.4, -0.2) is 10.4 Å². The molecule has 0 N–H and O–H groups in total. The molecule has 0 atom stereocenters. The average molecular weight is 260 g/mol. The number of carbonyl (C=O) groups is 1. The largest absolute Gasteiger partial charge is 0.314 e. The first-order valence-electron chi connectivity index (χ1n) is 6.33. The minimum Gasteiger partial charge on any atom is -0.314 e. The maximum absolute atomic E-state index is 11.8. The summed E-state index contributed by atoms with van der Waals surface area (Å²) in [7, 11) is 0. The van der Waals surface area contributed by atoms with Gasteiger partial charge < -0.3 is 4.57 Å². The molecule has 3 rings (SSSR count). The van der Waals surface area contributed by atoms with Crippen LogP contribution >= 0.6 is 0 Å². The number of ketones is 1. The number of carbonyl (C=O) groups excluding carboxylic acids is 1. The first kappa shape index (κ1) is 12.2. The lowest BCUT2D eigenvalue weighted by molar-refractivity contribution is 0.101. The van der Waals surface area contributed by atoms with E-state index in [1.165, 1.54) is 0 Å². The van der Waals surface area contributed by atoms with Crippen LogP contribution in [0.2, 0.25) is 0 Å². The predicted octanol–water partition coefficient (Wildman–Crippen LogP) is 3.70. The lowest BCUT2D eigenvalue weighted by Crippen LogP contribution is -1.95. The highest BCUT2D eigenvalue weighted by atomic mass is 16.1. The topological polar surface area (TPSA) is 45.8 Å². The van der Waals surface area contributed by atoms with Gasteiger partial charge >= 0.3 is 0 Å². The fourth-order valence-corrected chi connectivity index (χ4v) is 2.44. The summed E-state index contributed by atoms with van der Waals surface area (Å²) in [5.74, 6) is 0.0226. The van der Waals surface area contributed by atoms with E-state index in [4.69, 9.17) is 0 Å². The van der Waals surface area contributed by atoms with Crippen LogP contribution in [0.15, 0.2) is 54.7 Å². The highest BCUT2D eigenvalue weighted by Gasteiger charge is 2.14. The number of benzene rings is 2. The summed E-state index contributed by atoms with van der Waals surface area (Å²) >= 11 is 0. The number of nitrogens with zero attached hydrogens (tertiary/aromatic N) is 2. The SMILES string of the molecule is CC(=O)c1cn(-c2ccccc2C#N)c2ccccc12. The number of para-hydroxylation sites is 2. The molecule has 0 aliphatic heterocycles. The standard InChI is InChI=1S/C17H12N2O/c1-12(20)15-11-19(17-9-5-3-7-14(15)17)16-8-4-2-6-13(16)10-18/h2-9,11H,1H3. The molecular formula is C17H12N2O. The molecule has 1 aromatic heterocycles. The van der Waals surface area contributed by atoms with Crippen LogP contribution in [-0.2, 0) is 0 Å². The number of fused-ring (bicyclic) bond motifs is 1. The Morgan fingerprint density at radius 3 is 2.55 bits per heavy atom. The van der Waals surface area contributed by atoms with Crippen LogP contribution in [0.5, 0.6) is 0 Å². The molecule has 0 saturated carbocycles. The second kappa shape index (κ2) is 4.67. The molecule has 0 saturated heterocycles. The molecule has 0 unspecified atom stereocenters. The van der Waals surface area contributed by atoms with E-state index in [1.54, 1.807) is 13.0 Å². The monoisotopic (exact) mass is 260 g/mol. The molecule has 0 aliphatic carbocycles. The smallest absolute Gasteiger partial charge is 0.161 e. The van der Waals surface area contributed by atoms with Gasteiger partial charge in [0, 0.05) is 17.1 Å². The van der Waals surface area contributed by atoms with Gasteiger partial charge in [0.25, 0.3) is 0 Å². The highest BCUT2D eigenvalue weighted by molar-refractivity contribution is 6.07. The van der Waals surface area contributed by atoms with Gasteiger partial charge in [-0.25, -0.2) is 0 Å². The van der Waals surface area contributed by atoms with Crippen molar-refractivity contribution in [1.29, 1.82) is 5.26 Å². The van der Waals surface area contributed by atoms with Crippen molar-refractivity contribution in [2.75, 3.05) is 0 Å². The number of hydrogen-bond acceptors (Lipinski definition) is 2. The molecule has 96 valence electrons. The molecule has 3 nitrogen and oxygen atoms in total. The van der Waals surface area contributed by atoms with Crippen molar-refractivity contribution >= 4 is 16.7 Å². The third kappa shape index (κ3) is 1.79. The molecule has 0 radical (unpaired) electrons. The van der Waals surface area contributed by atoms with Gasteiger partial charge in [-0.2, -0.15) is 5.26 Å². The molecule has 1 heterocycles. The third-order valence-electron chi connectivity index (χ3n) is 3.38. The van der Waals surface area contributed by atoms with E-state index in [0.717, 1.165) is 16.6 Å². The highest BCUT2D eigenvalue weighted by Crippen LogP contribution is 2.26. The van der Waals surface area contributed by atoms with Crippen molar-refractivity contribution in [1.82, 2.24) is 4.57 Å². The molecule has 0 spiro atoms. The third-order valence-corrected chi connectivity index (χ3v) is 3.38. The van der Waals surface area contributed by atoms with Crippen molar-refractivity contribution in [3.8, 4) is 11.8 Å². The molecule has 20 heavy (non-hydrogen) atoms. The summed E-state index contributed by atoms with van der Waals surface area (Å²) in [6.07, 6.45) is 1.81. The lowest BCUT2D eigenvalue weighted by Gasteiger charge is -2.06. The number of rotatable bonds is 2. The molecule has 0 aliphatic rings. The summed E-state index contributed by atoms with van der Waals surface area (Å²) in [6, 6.07) is 17.3. The lowest BCUT2D eigenvalue weighted by atomic mass is 10.1. The van der Waals surface area contributed by atoms with E-state index in [9.17, 15) is 10.1 Å². The van der Waals surface area contributed by atoms with Crippen LogP contribution in [0.1, 0.15) is 22.8 Å². The zero-order chi connectivity index (χ0) is 14.1. The molecule has 3 aromatic rings. The molecule has 3 heteroatoms. The van der Waals surface area contributed by atoms with Gasteiger partial charge in [-0.15, -0.1) is 0 Å². The van der Waals surface area contributed by atoms with Crippen LogP contribution in [0.4, 0.5) is 0 Å². The van der Waals surface area contributed by atoms with Gasteiger partial charge in [0.15, 0.2) is 5.78 Å². The normalized spacial score (nSPS) is 10.4. The van der Waals surface area contributed by atoms with Gasteiger partial charge in [0.2, 0.25) is 0 Å². The minimum absolute atomic E-state index is 0.0226. The summed E-state index contributed by atoms with van der Waals surface area (Å²) in [5.41, 5.74) is 2.98. The Morgan fingerprint density at radius 2 is 1.80 bits per heavy atom. The number of hydrogen-bond donors (Lipinski definition) is 0. The average Bonchev–Trinajstić information content (AvgIpc) is 2.87. The van der Waals surface area contributed by atoms with Gasteiger partial charge in [0.05, 0.1) is 16.8 Å². The number of aromatic nitrogens is 1.